The molecule has 0 saturated carbocycles. The Hall–Kier alpha value is -1.76. The minimum atomic E-state index is -1.10. The molecule has 1 atom stereocenters. The predicted octanol–water partition coefficient (Wildman–Crippen LogP) is 2.80. The van der Waals surface area contributed by atoms with E-state index in [1.165, 1.54) is 21.1 Å². The van der Waals surface area contributed by atoms with Gasteiger partial charge < -0.3 is 9.47 Å². The SMILES string of the molecule is COc1cc(C(C)F)cc(CC#N)c1OC. The molecule has 0 fully saturated rings. The largest absolute Gasteiger partial charge is 0.493 e. The van der Waals surface area contributed by atoms with Gasteiger partial charge in [0.2, 0.25) is 0 Å². The summed E-state index contributed by atoms with van der Waals surface area (Å²) in [6.45, 7) is 1.44. The van der Waals surface area contributed by atoms with Crippen LogP contribution in [0.4, 0.5) is 4.39 Å². The van der Waals surface area contributed by atoms with Crippen LogP contribution in [0.25, 0.3) is 0 Å². The first-order chi connectivity index (χ1) is 7.63. The second kappa shape index (κ2) is 5.36. The van der Waals surface area contributed by atoms with Gasteiger partial charge in [-0.25, -0.2) is 4.39 Å². The molecule has 0 aliphatic rings. The Morgan fingerprint density at radius 3 is 2.50 bits per heavy atom. The molecule has 0 saturated heterocycles. The molecular weight excluding hydrogens is 209 g/mol. The number of methoxy groups -OCH3 is 2. The number of rotatable bonds is 4. The van der Waals surface area contributed by atoms with E-state index in [1.54, 1.807) is 12.1 Å². The summed E-state index contributed by atoms with van der Waals surface area (Å²) in [7, 11) is 2.98. The lowest BCUT2D eigenvalue weighted by molar-refractivity contribution is 0.344. The first-order valence-electron chi connectivity index (χ1n) is 4.89. The molecule has 0 radical (unpaired) electrons. The molecule has 3 nitrogen and oxygen atoms in total. The van der Waals surface area contributed by atoms with Crippen molar-refractivity contribution in [1.29, 1.82) is 5.26 Å². The molecule has 0 aliphatic heterocycles. The Bertz CT molecular complexity index is 410. The van der Waals surface area contributed by atoms with Gasteiger partial charge in [-0.1, -0.05) is 0 Å². The van der Waals surface area contributed by atoms with Crippen LogP contribution >= 0.6 is 0 Å². The standard InChI is InChI=1S/C12H14FNO2/c1-8(13)10-6-9(4-5-14)12(16-3)11(7-10)15-2/h6-8H,4H2,1-3H3. The van der Waals surface area contributed by atoms with E-state index < -0.39 is 6.17 Å². The highest BCUT2D eigenvalue weighted by molar-refractivity contribution is 5.50. The molecule has 1 aromatic carbocycles. The van der Waals surface area contributed by atoms with E-state index in [4.69, 9.17) is 14.7 Å². The van der Waals surface area contributed by atoms with Gasteiger partial charge >= 0.3 is 0 Å². The van der Waals surface area contributed by atoms with Crippen LogP contribution in [0.2, 0.25) is 0 Å². The zero-order valence-corrected chi connectivity index (χ0v) is 9.58. The second-order valence-electron chi connectivity index (χ2n) is 3.37. The summed E-state index contributed by atoms with van der Waals surface area (Å²) in [6, 6.07) is 5.24. The predicted molar refractivity (Wildman–Crippen MR) is 58.4 cm³/mol. The summed E-state index contributed by atoms with van der Waals surface area (Å²) >= 11 is 0. The molecule has 4 heteroatoms. The third-order valence-corrected chi connectivity index (χ3v) is 2.31. The highest BCUT2D eigenvalue weighted by Crippen LogP contribution is 2.35. The van der Waals surface area contributed by atoms with Crippen molar-refractivity contribution in [1.82, 2.24) is 0 Å². The number of nitriles is 1. The molecule has 1 unspecified atom stereocenters. The minimum absolute atomic E-state index is 0.167. The molecule has 16 heavy (non-hydrogen) atoms. The quantitative estimate of drug-likeness (QED) is 0.788. The summed E-state index contributed by atoms with van der Waals surface area (Å²) in [5.41, 5.74) is 1.13. The average molecular weight is 223 g/mol. The van der Waals surface area contributed by atoms with Gasteiger partial charge in [0.15, 0.2) is 11.5 Å². The van der Waals surface area contributed by atoms with Crippen molar-refractivity contribution in [3.63, 3.8) is 0 Å². The third-order valence-electron chi connectivity index (χ3n) is 2.31. The molecule has 1 aromatic rings. The molecule has 0 amide bonds. The van der Waals surface area contributed by atoms with E-state index in [-0.39, 0.29) is 6.42 Å². The highest BCUT2D eigenvalue weighted by Gasteiger charge is 2.14. The van der Waals surface area contributed by atoms with Crippen molar-refractivity contribution in [3.05, 3.63) is 23.3 Å². The van der Waals surface area contributed by atoms with E-state index in [0.29, 0.717) is 22.6 Å². The van der Waals surface area contributed by atoms with Crippen LogP contribution in [0.1, 0.15) is 24.2 Å². The van der Waals surface area contributed by atoms with E-state index in [1.807, 2.05) is 6.07 Å². The maximum absolute atomic E-state index is 13.2. The molecule has 86 valence electrons. The van der Waals surface area contributed by atoms with Crippen LogP contribution in [0.15, 0.2) is 12.1 Å². The number of nitrogens with zero attached hydrogens (tertiary/aromatic N) is 1. The molecule has 0 N–H and O–H groups in total. The van der Waals surface area contributed by atoms with Crippen molar-refractivity contribution in [3.8, 4) is 17.6 Å². The summed E-state index contributed by atoms with van der Waals surface area (Å²) < 4.78 is 23.5. The molecular formula is C12H14FNO2. The van der Waals surface area contributed by atoms with Gasteiger partial charge in [0.25, 0.3) is 0 Å². The minimum Gasteiger partial charge on any atom is -0.493 e. The van der Waals surface area contributed by atoms with E-state index in [9.17, 15) is 4.39 Å². The Labute approximate surface area is 94.4 Å². The lowest BCUT2D eigenvalue weighted by atomic mass is 10.0. The van der Waals surface area contributed by atoms with Gasteiger partial charge in [0.05, 0.1) is 26.7 Å². The zero-order valence-electron chi connectivity index (χ0n) is 9.58. The number of benzene rings is 1. The normalized spacial score (nSPS) is 11.7. The summed E-state index contributed by atoms with van der Waals surface area (Å²) in [5.74, 6) is 0.947. The molecule has 0 bridgehead atoms. The average Bonchev–Trinajstić information content (AvgIpc) is 2.28. The van der Waals surface area contributed by atoms with Gasteiger partial charge in [-0.15, -0.1) is 0 Å². The van der Waals surface area contributed by atoms with Crippen molar-refractivity contribution in [2.75, 3.05) is 14.2 Å². The summed E-state index contributed by atoms with van der Waals surface area (Å²) in [6.07, 6.45) is -0.933. The molecule has 0 aromatic heterocycles. The van der Waals surface area contributed by atoms with Crippen LogP contribution in [-0.2, 0) is 6.42 Å². The van der Waals surface area contributed by atoms with Gasteiger partial charge in [0, 0.05) is 5.56 Å². The highest BCUT2D eigenvalue weighted by atomic mass is 19.1. The van der Waals surface area contributed by atoms with E-state index >= 15 is 0 Å². The Morgan fingerprint density at radius 2 is 2.06 bits per heavy atom. The van der Waals surface area contributed by atoms with Gasteiger partial charge in [0.1, 0.15) is 6.17 Å². The Morgan fingerprint density at radius 1 is 1.38 bits per heavy atom. The third kappa shape index (κ3) is 2.43. The van der Waals surface area contributed by atoms with Crippen LogP contribution in [-0.4, -0.2) is 14.2 Å². The molecule has 1 rings (SSSR count). The van der Waals surface area contributed by atoms with Crippen molar-refractivity contribution in [2.24, 2.45) is 0 Å². The summed E-state index contributed by atoms with van der Waals surface area (Å²) in [4.78, 5) is 0. The molecule has 0 spiro atoms. The first-order valence-corrected chi connectivity index (χ1v) is 4.89. The van der Waals surface area contributed by atoms with Crippen LogP contribution < -0.4 is 9.47 Å². The van der Waals surface area contributed by atoms with Crippen LogP contribution in [0.3, 0.4) is 0 Å². The lowest BCUT2D eigenvalue weighted by Gasteiger charge is -2.14. The number of hydrogen-bond acceptors (Lipinski definition) is 3. The van der Waals surface area contributed by atoms with E-state index in [0.717, 1.165) is 0 Å². The Balaban J connectivity index is 3.32. The number of ether oxygens (including phenoxy) is 2. The smallest absolute Gasteiger partial charge is 0.164 e. The molecule has 0 aliphatic carbocycles. The number of hydrogen-bond donors (Lipinski definition) is 0. The first kappa shape index (κ1) is 12.3. The fourth-order valence-electron chi connectivity index (χ4n) is 1.51. The maximum atomic E-state index is 13.2. The van der Waals surface area contributed by atoms with Crippen LogP contribution in [0.5, 0.6) is 11.5 Å². The number of alkyl halides is 1. The summed E-state index contributed by atoms with van der Waals surface area (Å²) in [5, 5.41) is 8.69. The van der Waals surface area contributed by atoms with Crippen molar-refractivity contribution in [2.45, 2.75) is 19.5 Å². The lowest BCUT2D eigenvalue weighted by Crippen LogP contribution is -1.98. The number of halogens is 1. The Kier molecular flexibility index (Phi) is 4.12. The maximum Gasteiger partial charge on any atom is 0.164 e. The van der Waals surface area contributed by atoms with Crippen molar-refractivity contribution < 1.29 is 13.9 Å². The monoisotopic (exact) mass is 223 g/mol. The zero-order chi connectivity index (χ0) is 12.1. The van der Waals surface area contributed by atoms with Crippen LogP contribution in [0, 0.1) is 11.3 Å². The van der Waals surface area contributed by atoms with Gasteiger partial charge in [-0.05, 0) is 24.6 Å². The fourth-order valence-corrected chi connectivity index (χ4v) is 1.51. The van der Waals surface area contributed by atoms with Gasteiger partial charge in [-0.2, -0.15) is 5.26 Å². The van der Waals surface area contributed by atoms with Gasteiger partial charge in [-0.3, -0.25) is 0 Å². The topological polar surface area (TPSA) is 42.2 Å². The van der Waals surface area contributed by atoms with E-state index in [2.05, 4.69) is 0 Å². The van der Waals surface area contributed by atoms with Crippen molar-refractivity contribution >= 4 is 0 Å². The molecule has 0 heterocycles. The second-order valence-corrected chi connectivity index (χ2v) is 3.37. The fraction of sp³-hybridized carbons (Fsp3) is 0.417.